The monoisotopic (exact) mass is 397 g/mol. The van der Waals surface area contributed by atoms with Gasteiger partial charge in [-0.2, -0.15) is 0 Å². The molecule has 2 N–H and O–H groups in total. The Morgan fingerprint density at radius 1 is 1.07 bits per heavy atom. The largest absolute Gasteiger partial charge is 0.356 e. The summed E-state index contributed by atoms with van der Waals surface area (Å²) in [5, 5.41) is 6.67. The fourth-order valence-electron chi connectivity index (χ4n) is 6.13. The summed E-state index contributed by atoms with van der Waals surface area (Å²) in [7, 11) is 0. The zero-order valence-electron chi connectivity index (χ0n) is 16.1. The lowest BCUT2D eigenvalue weighted by molar-refractivity contribution is -0.146. The summed E-state index contributed by atoms with van der Waals surface area (Å²) in [6.07, 6.45) is 8.36. The normalized spacial score (nSPS) is 30.5. The molecule has 0 saturated heterocycles. The molecule has 28 heavy (non-hydrogen) atoms. The number of hydrogen-bond acceptors (Lipinski definition) is 4. The number of para-hydroxylation sites is 1. The van der Waals surface area contributed by atoms with Crippen LogP contribution in [0.25, 0.3) is 10.2 Å². The van der Waals surface area contributed by atoms with Crippen LogP contribution in [0.5, 0.6) is 0 Å². The lowest BCUT2D eigenvalue weighted by atomic mass is 9.49. The highest BCUT2D eigenvalue weighted by Crippen LogP contribution is 2.60. The first-order valence-corrected chi connectivity index (χ1v) is 11.3. The van der Waals surface area contributed by atoms with Gasteiger partial charge in [-0.25, -0.2) is 4.98 Å². The van der Waals surface area contributed by atoms with Crippen LogP contribution in [0, 0.1) is 23.2 Å². The smallest absolute Gasteiger partial charge is 0.226 e. The number of benzene rings is 1. The number of thiazole rings is 1. The molecule has 148 valence electrons. The number of aromatic nitrogens is 1. The van der Waals surface area contributed by atoms with Crippen LogP contribution in [0.1, 0.15) is 51.4 Å². The molecule has 1 aromatic heterocycles. The van der Waals surface area contributed by atoms with Crippen molar-refractivity contribution in [3.05, 3.63) is 24.3 Å². The van der Waals surface area contributed by atoms with E-state index in [0.29, 0.717) is 24.5 Å². The Bertz CT molecular complexity index is 838. The van der Waals surface area contributed by atoms with Crippen molar-refractivity contribution < 1.29 is 9.59 Å². The van der Waals surface area contributed by atoms with E-state index in [2.05, 4.69) is 15.6 Å². The number of hydrogen-bond donors (Lipinski definition) is 2. The van der Waals surface area contributed by atoms with Crippen LogP contribution >= 0.6 is 11.3 Å². The Morgan fingerprint density at radius 2 is 1.75 bits per heavy atom. The van der Waals surface area contributed by atoms with Gasteiger partial charge >= 0.3 is 0 Å². The lowest BCUT2D eigenvalue weighted by Crippen LogP contribution is -2.53. The molecule has 0 spiro atoms. The van der Waals surface area contributed by atoms with E-state index >= 15 is 0 Å². The molecular weight excluding hydrogens is 370 g/mol. The van der Waals surface area contributed by atoms with Gasteiger partial charge < -0.3 is 10.6 Å². The zero-order chi connectivity index (χ0) is 19.1. The first-order chi connectivity index (χ1) is 13.6. The van der Waals surface area contributed by atoms with Gasteiger partial charge in [0.25, 0.3) is 0 Å². The maximum atomic E-state index is 12.9. The second-order valence-electron chi connectivity index (χ2n) is 9.09. The van der Waals surface area contributed by atoms with E-state index in [4.69, 9.17) is 0 Å². The van der Waals surface area contributed by atoms with Gasteiger partial charge in [0.1, 0.15) is 0 Å². The number of carbonyl (C=O) groups is 2. The van der Waals surface area contributed by atoms with Crippen molar-refractivity contribution in [3.8, 4) is 0 Å². The van der Waals surface area contributed by atoms with Gasteiger partial charge in [0, 0.05) is 18.4 Å². The van der Waals surface area contributed by atoms with E-state index in [-0.39, 0.29) is 17.2 Å². The third-order valence-electron chi connectivity index (χ3n) is 6.93. The summed E-state index contributed by atoms with van der Waals surface area (Å²) in [5.41, 5.74) is 0.809. The minimum Gasteiger partial charge on any atom is -0.356 e. The van der Waals surface area contributed by atoms with Gasteiger partial charge in [-0.1, -0.05) is 23.5 Å². The third kappa shape index (κ3) is 3.43. The molecule has 1 heterocycles. The quantitative estimate of drug-likeness (QED) is 0.712. The van der Waals surface area contributed by atoms with E-state index in [1.807, 2.05) is 24.3 Å². The van der Waals surface area contributed by atoms with E-state index in [9.17, 15) is 9.59 Å². The Hall–Kier alpha value is -1.95. The molecule has 5 nitrogen and oxygen atoms in total. The Balaban J connectivity index is 1.09. The minimum absolute atomic E-state index is 0.0388. The van der Waals surface area contributed by atoms with Gasteiger partial charge in [-0.15, -0.1) is 0 Å². The summed E-state index contributed by atoms with van der Waals surface area (Å²) in [6, 6.07) is 7.86. The average Bonchev–Trinajstić information content (AvgIpc) is 3.06. The predicted octanol–water partition coefficient (Wildman–Crippen LogP) is 4.35. The van der Waals surface area contributed by atoms with Crippen molar-refractivity contribution in [2.45, 2.75) is 51.4 Å². The number of fused-ring (bicyclic) bond motifs is 1. The molecule has 1 aromatic carbocycles. The molecule has 4 fully saturated rings. The lowest BCUT2D eigenvalue weighted by Gasteiger charge is -2.55. The summed E-state index contributed by atoms with van der Waals surface area (Å²) >= 11 is 1.49. The molecule has 0 aliphatic heterocycles. The predicted molar refractivity (Wildman–Crippen MR) is 111 cm³/mol. The average molecular weight is 398 g/mol. The van der Waals surface area contributed by atoms with Crippen molar-refractivity contribution in [2.24, 2.45) is 23.2 Å². The zero-order valence-corrected chi connectivity index (χ0v) is 16.9. The highest BCUT2D eigenvalue weighted by molar-refractivity contribution is 7.22. The number of carbonyl (C=O) groups excluding carboxylic acids is 2. The van der Waals surface area contributed by atoms with Crippen molar-refractivity contribution in [1.29, 1.82) is 0 Å². The fraction of sp³-hybridized carbons (Fsp3) is 0.591. The maximum Gasteiger partial charge on any atom is 0.226 e. The first-order valence-electron chi connectivity index (χ1n) is 10.5. The number of amides is 2. The van der Waals surface area contributed by atoms with Crippen LogP contribution in [-0.2, 0) is 9.59 Å². The standard InChI is InChI=1S/C22H27N3O2S/c26-19(25-21-24-17-4-1-2-5-18(17)28-21)6-3-7-23-20(27)22-11-14-8-15(12-22)10-16(9-14)13-22/h1-2,4-5,14-16H,3,6-13H2,(H,23,27)(H,24,25,26). The topological polar surface area (TPSA) is 71.1 Å². The van der Waals surface area contributed by atoms with Crippen LogP contribution in [0.3, 0.4) is 0 Å². The molecule has 4 bridgehead atoms. The second-order valence-corrected chi connectivity index (χ2v) is 10.1. The van der Waals surface area contributed by atoms with Crippen molar-refractivity contribution in [1.82, 2.24) is 10.3 Å². The van der Waals surface area contributed by atoms with E-state index in [0.717, 1.165) is 47.2 Å². The number of nitrogens with one attached hydrogen (secondary N) is 2. The van der Waals surface area contributed by atoms with Crippen LogP contribution in [0.4, 0.5) is 5.13 Å². The Morgan fingerprint density at radius 3 is 2.43 bits per heavy atom. The summed E-state index contributed by atoms with van der Waals surface area (Å²) < 4.78 is 1.07. The molecule has 4 saturated carbocycles. The Kier molecular flexibility index (Phi) is 4.62. The highest BCUT2D eigenvalue weighted by Gasteiger charge is 2.54. The summed E-state index contributed by atoms with van der Waals surface area (Å²) in [6.45, 7) is 0.577. The van der Waals surface area contributed by atoms with E-state index in [1.54, 1.807) is 0 Å². The molecular formula is C22H27N3O2S. The first kappa shape index (κ1) is 18.1. The molecule has 6 rings (SSSR count). The molecule has 4 aliphatic carbocycles. The molecule has 6 heteroatoms. The molecule has 0 unspecified atom stereocenters. The molecule has 4 aliphatic rings. The van der Waals surface area contributed by atoms with E-state index in [1.165, 1.54) is 30.6 Å². The van der Waals surface area contributed by atoms with Gasteiger partial charge in [-0.05, 0) is 74.8 Å². The number of nitrogens with zero attached hydrogens (tertiary/aromatic N) is 1. The van der Waals surface area contributed by atoms with Crippen molar-refractivity contribution >= 4 is 38.5 Å². The van der Waals surface area contributed by atoms with Crippen LogP contribution in [0.15, 0.2) is 24.3 Å². The maximum absolute atomic E-state index is 12.9. The van der Waals surface area contributed by atoms with E-state index < -0.39 is 0 Å². The van der Waals surface area contributed by atoms with Gasteiger partial charge in [-0.3, -0.25) is 9.59 Å². The van der Waals surface area contributed by atoms with Gasteiger partial charge in [0.15, 0.2) is 5.13 Å². The third-order valence-corrected chi connectivity index (χ3v) is 7.88. The summed E-state index contributed by atoms with van der Waals surface area (Å²) in [5.74, 6) is 2.53. The SMILES string of the molecule is O=C(CCCNC(=O)C12CC3CC(CC(C3)C1)C2)Nc1nc2ccccc2s1. The fourth-order valence-corrected chi connectivity index (χ4v) is 7.02. The molecule has 2 amide bonds. The Labute approximate surface area is 169 Å². The molecule has 2 aromatic rings. The van der Waals surface area contributed by atoms with Crippen LogP contribution in [-0.4, -0.2) is 23.3 Å². The highest BCUT2D eigenvalue weighted by atomic mass is 32.1. The minimum atomic E-state index is -0.0992. The van der Waals surface area contributed by atoms with Crippen LogP contribution in [0.2, 0.25) is 0 Å². The number of rotatable bonds is 6. The summed E-state index contributed by atoms with van der Waals surface area (Å²) in [4.78, 5) is 29.5. The van der Waals surface area contributed by atoms with Crippen molar-refractivity contribution in [3.63, 3.8) is 0 Å². The van der Waals surface area contributed by atoms with Gasteiger partial charge in [0.2, 0.25) is 11.8 Å². The second kappa shape index (κ2) is 7.14. The van der Waals surface area contributed by atoms with Crippen molar-refractivity contribution in [2.75, 3.05) is 11.9 Å². The molecule has 0 atom stereocenters. The number of anilines is 1. The van der Waals surface area contributed by atoms with Gasteiger partial charge in [0.05, 0.1) is 10.2 Å². The van der Waals surface area contributed by atoms with Crippen LogP contribution < -0.4 is 10.6 Å². The molecule has 0 radical (unpaired) electrons.